The Balaban J connectivity index is 1.66. The van der Waals surface area contributed by atoms with E-state index in [0.29, 0.717) is 17.5 Å². The number of carbonyl (C=O) groups excluding carboxylic acids is 1. The highest BCUT2D eigenvalue weighted by Crippen LogP contribution is 2.34. The summed E-state index contributed by atoms with van der Waals surface area (Å²) >= 11 is 0. The molecule has 0 aliphatic heterocycles. The van der Waals surface area contributed by atoms with E-state index in [1.54, 1.807) is 0 Å². The number of anilines is 1. The van der Waals surface area contributed by atoms with Crippen molar-refractivity contribution in [3.8, 4) is 0 Å². The van der Waals surface area contributed by atoms with Crippen molar-refractivity contribution in [2.45, 2.75) is 123 Å². The Morgan fingerprint density at radius 3 is 1.90 bits per heavy atom. The van der Waals surface area contributed by atoms with Crippen LogP contribution in [0.5, 0.6) is 0 Å². The molecule has 0 unspecified atom stereocenters. The van der Waals surface area contributed by atoms with Gasteiger partial charge in [-0.05, 0) is 34.9 Å². The van der Waals surface area contributed by atoms with Crippen LogP contribution in [-0.4, -0.2) is 11.1 Å². The zero-order valence-electron chi connectivity index (χ0n) is 25.0. The summed E-state index contributed by atoms with van der Waals surface area (Å²) in [6.07, 6.45) is 13.9. The van der Waals surface area contributed by atoms with Crippen molar-refractivity contribution in [2.24, 2.45) is 0 Å². The van der Waals surface area contributed by atoms with Crippen molar-refractivity contribution in [2.75, 3.05) is 5.32 Å². The van der Waals surface area contributed by atoms with E-state index in [0.717, 1.165) is 41.0 Å². The van der Waals surface area contributed by atoms with E-state index >= 15 is 0 Å². The lowest BCUT2D eigenvalue weighted by molar-refractivity contribution is -0.116. The average Bonchev–Trinajstić information content (AvgIpc) is 3.38. The normalized spacial score (nSPS) is 12.3. The Labute approximate surface area is 237 Å². The summed E-state index contributed by atoms with van der Waals surface area (Å²) in [5.74, 6) is 0.859. The van der Waals surface area contributed by atoms with E-state index in [1.807, 2.05) is 36.4 Å². The largest absolute Gasteiger partial charge is 0.361 e. The third-order valence-electron chi connectivity index (χ3n) is 7.67. The summed E-state index contributed by atoms with van der Waals surface area (Å²) in [7, 11) is 0. The molecule has 0 aliphatic carbocycles. The van der Waals surface area contributed by atoms with Crippen LogP contribution in [0.25, 0.3) is 0 Å². The first kappa shape index (κ1) is 30.7. The van der Waals surface area contributed by atoms with Gasteiger partial charge in [-0.2, -0.15) is 0 Å². The Hall–Kier alpha value is -2.88. The van der Waals surface area contributed by atoms with Crippen molar-refractivity contribution < 1.29 is 9.32 Å². The van der Waals surface area contributed by atoms with Gasteiger partial charge in [0.2, 0.25) is 5.91 Å². The second kappa shape index (κ2) is 16.3. The van der Waals surface area contributed by atoms with Crippen LogP contribution in [0.15, 0.2) is 59.1 Å². The molecule has 1 amide bonds. The molecule has 0 bridgehead atoms. The summed E-state index contributed by atoms with van der Waals surface area (Å²) in [6, 6.07) is 18.2. The van der Waals surface area contributed by atoms with Gasteiger partial charge in [-0.1, -0.05) is 146 Å². The second-order valence-electron chi connectivity index (χ2n) is 11.6. The molecule has 1 N–H and O–H groups in total. The number of unbranched alkanes of at least 4 members (excludes halogenated alkanes) is 9. The SMILES string of the molecule is CCCCCCCCCCCCc1cc([C@H](C(=O)Nc2c(C(C)C)cccc2C(C)C)c2ccccc2)no1. The lowest BCUT2D eigenvalue weighted by Crippen LogP contribution is -2.24. The number of aromatic nitrogens is 1. The molecule has 0 fully saturated rings. The van der Waals surface area contributed by atoms with Gasteiger partial charge < -0.3 is 9.84 Å². The van der Waals surface area contributed by atoms with Crippen molar-refractivity contribution in [1.29, 1.82) is 0 Å². The molecule has 4 heteroatoms. The summed E-state index contributed by atoms with van der Waals surface area (Å²) in [5.41, 5.74) is 4.84. The molecule has 1 atom stereocenters. The number of para-hydroxylation sites is 1. The van der Waals surface area contributed by atoms with Gasteiger partial charge in [0.25, 0.3) is 0 Å². The molecular weight excluding hydrogens is 480 g/mol. The van der Waals surface area contributed by atoms with Gasteiger partial charge >= 0.3 is 0 Å². The number of aryl methyl sites for hydroxylation is 1. The van der Waals surface area contributed by atoms with E-state index in [2.05, 4.69) is 63.3 Å². The number of nitrogens with one attached hydrogen (secondary N) is 1. The van der Waals surface area contributed by atoms with Crippen LogP contribution in [-0.2, 0) is 11.2 Å². The minimum Gasteiger partial charge on any atom is -0.361 e. The molecule has 1 aromatic heterocycles. The highest BCUT2D eigenvalue weighted by atomic mass is 16.5. The van der Waals surface area contributed by atoms with Crippen LogP contribution in [0.1, 0.15) is 145 Å². The number of rotatable bonds is 17. The van der Waals surface area contributed by atoms with E-state index in [1.165, 1.54) is 57.8 Å². The molecule has 3 aromatic rings. The number of amides is 1. The summed E-state index contributed by atoms with van der Waals surface area (Å²) in [5, 5.41) is 7.71. The Morgan fingerprint density at radius 1 is 0.769 bits per heavy atom. The van der Waals surface area contributed by atoms with Gasteiger partial charge in [0, 0.05) is 18.2 Å². The molecule has 0 aliphatic rings. The molecule has 0 spiro atoms. The highest BCUT2D eigenvalue weighted by Gasteiger charge is 2.28. The fourth-order valence-corrected chi connectivity index (χ4v) is 5.36. The number of nitrogens with zero attached hydrogens (tertiary/aromatic N) is 1. The van der Waals surface area contributed by atoms with E-state index < -0.39 is 5.92 Å². The molecule has 4 nitrogen and oxygen atoms in total. The topological polar surface area (TPSA) is 55.1 Å². The van der Waals surface area contributed by atoms with Crippen molar-refractivity contribution in [1.82, 2.24) is 5.16 Å². The first-order valence-corrected chi connectivity index (χ1v) is 15.4. The fourth-order valence-electron chi connectivity index (χ4n) is 5.36. The summed E-state index contributed by atoms with van der Waals surface area (Å²) < 4.78 is 5.74. The molecule has 2 aromatic carbocycles. The third-order valence-corrected chi connectivity index (χ3v) is 7.67. The highest BCUT2D eigenvalue weighted by molar-refractivity contribution is 5.99. The van der Waals surface area contributed by atoms with Gasteiger partial charge in [0.05, 0.1) is 0 Å². The van der Waals surface area contributed by atoms with Crippen LogP contribution in [0.4, 0.5) is 5.69 Å². The fraction of sp³-hybridized carbons (Fsp3) is 0.543. The van der Waals surface area contributed by atoms with Crippen molar-refractivity contribution >= 4 is 11.6 Å². The van der Waals surface area contributed by atoms with E-state index in [-0.39, 0.29) is 5.91 Å². The maximum absolute atomic E-state index is 13.9. The van der Waals surface area contributed by atoms with Crippen LogP contribution in [0, 0.1) is 0 Å². The van der Waals surface area contributed by atoms with Crippen LogP contribution < -0.4 is 5.32 Å². The number of carbonyl (C=O) groups is 1. The number of hydrogen-bond donors (Lipinski definition) is 1. The zero-order valence-corrected chi connectivity index (χ0v) is 25.0. The first-order valence-electron chi connectivity index (χ1n) is 15.4. The summed E-state index contributed by atoms with van der Waals surface area (Å²) in [6.45, 7) is 10.9. The van der Waals surface area contributed by atoms with E-state index in [4.69, 9.17) is 4.52 Å². The maximum atomic E-state index is 13.9. The molecule has 39 heavy (non-hydrogen) atoms. The van der Waals surface area contributed by atoms with Crippen LogP contribution in [0.2, 0.25) is 0 Å². The number of benzene rings is 2. The van der Waals surface area contributed by atoms with Gasteiger partial charge in [0.15, 0.2) is 0 Å². The molecule has 212 valence electrons. The van der Waals surface area contributed by atoms with Gasteiger partial charge in [0.1, 0.15) is 17.4 Å². The standard InChI is InChI=1S/C35H50N2O2/c1-6-7-8-9-10-11-12-13-14-18-22-29-25-32(37-39-29)33(28-20-16-15-17-21-28)35(38)36-34-30(26(2)3)23-19-24-31(34)27(4)5/h15-17,19-21,23-27,33H,6-14,18,22H2,1-5H3,(H,36,38)/t33-/m1/s1. The minimum atomic E-state index is -0.531. The van der Waals surface area contributed by atoms with Crippen LogP contribution >= 0.6 is 0 Å². The van der Waals surface area contributed by atoms with Gasteiger partial charge in [-0.15, -0.1) is 0 Å². The molecule has 3 rings (SSSR count). The molecule has 0 saturated heterocycles. The number of hydrogen-bond acceptors (Lipinski definition) is 3. The molecule has 1 heterocycles. The van der Waals surface area contributed by atoms with Crippen molar-refractivity contribution in [3.63, 3.8) is 0 Å². The van der Waals surface area contributed by atoms with E-state index in [9.17, 15) is 4.79 Å². The predicted octanol–water partition coefficient (Wildman–Crippen LogP) is 10.2. The predicted molar refractivity (Wildman–Crippen MR) is 164 cm³/mol. The maximum Gasteiger partial charge on any atom is 0.238 e. The molecule has 0 saturated carbocycles. The lowest BCUT2D eigenvalue weighted by atomic mass is 9.90. The third kappa shape index (κ3) is 9.37. The molecule has 0 radical (unpaired) electrons. The smallest absolute Gasteiger partial charge is 0.238 e. The Bertz CT molecular complexity index is 1090. The van der Waals surface area contributed by atoms with Gasteiger partial charge in [-0.25, -0.2) is 0 Å². The Kier molecular flexibility index (Phi) is 12.8. The average molecular weight is 531 g/mol. The van der Waals surface area contributed by atoms with Gasteiger partial charge in [-0.3, -0.25) is 4.79 Å². The summed E-state index contributed by atoms with van der Waals surface area (Å²) in [4.78, 5) is 13.9. The second-order valence-corrected chi connectivity index (χ2v) is 11.6. The monoisotopic (exact) mass is 530 g/mol. The minimum absolute atomic E-state index is 0.0741. The van der Waals surface area contributed by atoms with Crippen LogP contribution in [0.3, 0.4) is 0 Å². The van der Waals surface area contributed by atoms with Crippen molar-refractivity contribution in [3.05, 3.63) is 82.7 Å². The zero-order chi connectivity index (χ0) is 28.0. The Morgan fingerprint density at radius 2 is 1.33 bits per heavy atom. The lowest BCUT2D eigenvalue weighted by Gasteiger charge is -2.22. The quantitative estimate of drug-likeness (QED) is 0.177. The molecular formula is C35H50N2O2. The first-order chi connectivity index (χ1) is 18.9.